The molecule has 1 aliphatic carbocycles. The van der Waals surface area contributed by atoms with Gasteiger partial charge in [0.25, 0.3) is 0 Å². The van der Waals surface area contributed by atoms with E-state index in [1.165, 1.54) is 0 Å². The molecule has 0 saturated heterocycles. The molecule has 0 aliphatic heterocycles. The Balaban J connectivity index is 1.73. The number of guanidine groups is 1. The van der Waals surface area contributed by atoms with Gasteiger partial charge in [-0.3, -0.25) is 9.79 Å². The molecular weight excluding hydrogens is 304 g/mol. The van der Waals surface area contributed by atoms with Crippen LogP contribution < -0.4 is 20.7 Å². The maximum absolute atomic E-state index is 11.6. The number of amides is 1. The van der Waals surface area contributed by atoms with Gasteiger partial charge in [-0.05, 0) is 37.8 Å². The Labute approximate surface area is 144 Å². The number of hydrogen-bond donors (Lipinski definition) is 3. The first-order valence-corrected chi connectivity index (χ1v) is 8.66. The molecule has 2 rings (SSSR count). The number of aliphatic imine (C=N–C) groups is 1. The Bertz CT molecular complexity index is 556. The fourth-order valence-electron chi connectivity index (χ4n) is 2.40. The van der Waals surface area contributed by atoms with Crippen LogP contribution in [0.3, 0.4) is 0 Å². The molecule has 0 spiro atoms. The number of benzene rings is 1. The third-order valence-corrected chi connectivity index (χ3v) is 3.85. The summed E-state index contributed by atoms with van der Waals surface area (Å²) in [6, 6.07) is 7.99. The van der Waals surface area contributed by atoms with Crippen molar-refractivity contribution in [3.8, 4) is 5.75 Å². The van der Waals surface area contributed by atoms with E-state index in [0.29, 0.717) is 19.6 Å². The summed E-state index contributed by atoms with van der Waals surface area (Å²) in [5.74, 6) is 2.10. The zero-order chi connectivity index (χ0) is 17.2. The Morgan fingerprint density at radius 3 is 2.67 bits per heavy atom. The molecule has 3 N–H and O–H groups in total. The predicted octanol–water partition coefficient (Wildman–Crippen LogP) is 1.32. The minimum absolute atomic E-state index is 0.176. The van der Waals surface area contributed by atoms with Crippen molar-refractivity contribution in [2.75, 3.05) is 33.3 Å². The molecular formula is C18H28N4O2. The molecule has 1 fully saturated rings. The van der Waals surface area contributed by atoms with Gasteiger partial charge in [0.05, 0.1) is 7.11 Å². The lowest BCUT2D eigenvalue weighted by molar-refractivity contribution is -0.122. The molecule has 6 nitrogen and oxygen atoms in total. The molecule has 24 heavy (non-hydrogen) atoms. The molecule has 0 heterocycles. The summed E-state index contributed by atoms with van der Waals surface area (Å²) in [6.45, 7) is 4.79. The molecule has 1 amide bonds. The number of hydrogen-bond acceptors (Lipinski definition) is 3. The van der Waals surface area contributed by atoms with Crippen molar-refractivity contribution in [3.63, 3.8) is 0 Å². The number of nitrogens with zero attached hydrogens (tertiary/aromatic N) is 1. The van der Waals surface area contributed by atoms with Crippen molar-refractivity contribution in [2.24, 2.45) is 10.9 Å². The molecule has 0 bridgehead atoms. The van der Waals surface area contributed by atoms with Crippen LogP contribution >= 0.6 is 0 Å². The number of ether oxygens (including phenoxy) is 1. The van der Waals surface area contributed by atoms with Crippen molar-refractivity contribution in [2.45, 2.75) is 26.2 Å². The fourth-order valence-corrected chi connectivity index (χ4v) is 2.40. The van der Waals surface area contributed by atoms with Crippen LogP contribution in [0.2, 0.25) is 0 Å². The number of para-hydroxylation sites is 1. The van der Waals surface area contributed by atoms with Crippen molar-refractivity contribution >= 4 is 11.9 Å². The van der Waals surface area contributed by atoms with E-state index in [2.05, 4.69) is 27.0 Å². The van der Waals surface area contributed by atoms with E-state index >= 15 is 0 Å². The second-order valence-electron chi connectivity index (χ2n) is 5.81. The quantitative estimate of drug-likeness (QED) is 0.362. The highest BCUT2D eigenvalue weighted by Crippen LogP contribution is 2.28. The van der Waals surface area contributed by atoms with Gasteiger partial charge in [0.2, 0.25) is 5.91 Å². The first-order valence-electron chi connectivity index (χ1n) is 8.66. The summed E-state index contributed by atoms with van der Waals surface area (Å²) >= 11 is 0. The summed E-state index contributed by atoms with van der Waals surface area (Å²) in [4.78, 5) is 16.1. The topological polar surface area (TPSA) is 74.8 Å². The van der Waals surface area contributed by atoms with Gasteiger partial charge in [-0.1, -0.05) is 18.2 Å². The molecule has 6 heteroatoms. The van der Waals surface area contributed by atoms with Crippen LogP contribution in [0.15, 0.2) is 29.3 Å². The molecule has 1 aliphatic rings. The van der Waals surface area contributed by atoms with Crippen LogP contribution in [0.5, 0.6) is 5.75 Å². The molecule has 0 aromatic heterocycles. The van der Waals surface area contributed by atoms with Crippen molar-refractivity contribution in [1.82, 2.24) is 16.0 Å². The van der Waals surface area contributed by atoms with Gasteiger partial charge < -0.3 is 20.7 Å². The van der Waals surface area contributed by atoms with Crippen LogP contribution in [0.1, 0.15) is 25.3 Å². The fraction of sp³-hybridized carbons (Fsp3) is 0.556. The van der Waals surface area contributed by atoms with E-state index in [0.717, 1.165) is 43.1 Å². The number of rotatable bonds is 9. The third-order valence-electron chi connectivity index (χ3n) is 3.85. The normalized spacial score (nSPS) is 14.2. The number of methoxy groups -OCH3 is 1. The second kappa shape index (κ2) is 9.80. The van der Waals surface area contributed by atoms with E-state index in [4.69, 9.17) is 4.74 Å². The molecule has 1 aromatic rings. The summed E-state index contributed by atoms with van der Waals surface area (Å²) in [7, 11) is 1.68. The minimum atomic E-state index is 0.176. The first-order chi connectivity index (χ1) is 11.7. The van der Waals surface area contributed by atoms with Gasteiger partial charge in [-0.2, -0.15) is 0 Å². The van der Waals surface area contributed by atoms with Crippen LogP contribution in [-0.4, -0.2) is 45.2 Å². The van der Waals surface area contributed by atoms with E-state index in [-0.39, 0.29) is 11.8 Å². The smallest absolute Gasteiger partial charge is 0.223 e. The Morgan fingerprint density at radius 2 is 1.96 bits per heavy atom. The summed E-state index contributed by atoms with van der Waals surface area (Å²) in [6.07, 6.45) is 2.89. The Hall–Kier alpha value is -2.24. The van der Waals surface area contributed by atoms with Crippen molar-refractivity contribution in [3.05, 3.63) is 29.8 Å². The van der Waals surface area contributed by atoms with Gasteiger partial charge >= 0.3 is 0 Å². The molecule has 1 saturated carbocycles. The van der Waals surface area contributed by atoms with Crippen molar-refractivity contribution in [1.29, 1.82) is 0 Å². The number of nitrogens with one attached hydrogen (secondary N) is 3. The van der Waals surface area contributed by atoms with E-state index in [9.17, 15) is 4.79 Å². The Morgan fingerprint density at radius 1 is 1.21 bits per heavy atom. The van der Waals surface area contributed by atoms with Crippen molar-refractivity contribution < 1.29 is 9.53 Å². The average molecular weight is 332 g/mol. The van der Waals surface area contributed by atoms with Crippen LogP contribution in [0.25, 0.3) is 0 Å². The lowest BCUT2D eigenvalue weighted by Gasteiger charge is -2.12. The molecule has 0 unspecified atom stereocenters. The van der Waals surface area contributed by atoms with Crippen LogP contribution in [-0.2, 0) is 11.2 Å². The molecule has 132 valence electrons. The maximum Gasteiger partial charge on any atom is 0.223 e. The lowest BCUT2D eigenvalue weighted by atomic mass is 10.1. The van der Waals surface area contributed by atoms with Crippen LogP contribution in [0, 0.1) is 5.92 Å². The highest BCUT2D eigenvalue weighted by Gasteiger charge is 2.28. The predicted molar refractivity (Wildman–Crippen MR) is 96.4 cm³/mol. The van der Waals surface area contributed by atoms with Gasteiger partial charge in [-0.25, -0.2) is 0 Å². The highest BCUT2D eigenvalue weighted by atomic mass is 16.5. The van der Waals surface area contributed by atoms with E-state index in [1.807, 2.05) is 25.1 Å². The SMILES string of the molecule is CCNC(=NCCc1ccccc1OC)NCCNC(=O)C1CC1. The largest absolute Gasteiger partial charge is 0.496 e. The monoisotopic (exact) mass is 332 g/mol. The van der Waals surface area contributed by atoms with Gasteiger partial charge in [-0.15, -0.1) is 0 Å². The average Bonchev–Trinajstić information content (AvgIpc) is 3.44. The van der Waals surface area contributed by atoms with E-state index in [1.54, 1.807) is 7.11 Å². The lowest BCUT2D eigenvalue weighted by Crippen LogP contribution is -2.41. The van der Waals surface area contributed by atoms with Gasteiger partial charge in [0.15, 0.2) is 5.96 Å². The zero-order valence-corrected chi connectivity index (χ0v) is 14.6. The Kier molecular flexibility index (Phi) is 7.39. The summed E-state index contributed by atoms with van der Waals surface area (Å²) < 4.78 is 5.36. The van der Waals surface area contributed by atoms with E-state index < -0.39 is 0 Å². The molecule has 0 radical (unpaired) electrons. The summed E-state index contributed by atoms with van der Waals surface area (Å²) in [5.41, 5.74) is 1.15. The maximum atomic E-state index is 11.6. The number of carbonyl (C=O) groups is 1. The van der Waals surface area contributed by atoms with Crippen LogP contribution in [0.4, 0.5) is 0 Å². The standard InChI is InChI=1S/C18H28N4O2/c1-3-19-18(22-13-12-20-17(23)15-8-9-15)21-11-10-14-6-4-5-7-16(14)24-2/h4-7,15H,3,8-13H2,1-2H3,(H,20,23)(H2,19,21,22). The zero-order valence-electron chi connectivity index (χ0n) is 14.6. The molecule has 0 atom stereocenters. The third kappa shape index (κ3) is 6.10. The van der Waals surface area contributed by atoms with Gasteiger partial charge in [0, 0.05) is 32.1 Å². The first kappa shape index (κ1) is 18.1. The minimum Gasteiger partial charge on any atom is -0.496 e. The molecule has 1 aromatic carbocycles. The second-order valence-corrected chi connectivity index (χ2v) is 5.81. The number of carbonyl (C=O) groups excluding carboxylic acids is 1. The summed E-state index contributed by atoms with van der Waals surface area (Å²) in [5, 5.41) is 9.40. The van der Waals surface area contributed by atoms with Gasteiger partial charge in [0.1, 0.15) is 5.75 Å². The highest BCUT2D eigenvalue weighted by molar-refractivity contribution is 5.81.